The molecule has 0 radical (unpaired) electrons. The minimum Gasteiger partial charge on any atom is -0.316 e. The molecule has 20 heavy (non-hydrogen) atoms. The van der Waals surface area contributed by atoms with E-state index in [0.717, 1.165) is 12.3 Å². The van der Waals surface area contributed by atoms with Gasteiger partial charge in [-0.2, -0.15) is 0 Å². The van der Waals surface area contributed by atoms with Crippen LogP contribution in [-0.2, 0) is 6.42 Å². The largest absolute Gasteiger partial charge is 0.316 e. The monoisotopic (exact) mass is 337 g/mol. The molecular formula is C18H28BrN. The van der Waals surface area contributed by atoms with Crippen LogP contribution in [0.5, 0.6) is 0 Å². The van der Waals surface area contributed by atoms with Crippen LogP contribution in [0, 0.1) is 11.3 Å². The molecule has 0 bridgehead atoms. The molecule has 0 heterocycles. The van der Waals surface area contributed by atoms with Crippen LogP contribution in [0.1, 0.15) is 51.5 Å². The summed E-state index contributed by atoms with van der Waals surface area (Å²) in [4.78, 5) is 0. The van der Waals surface area contributed by atoms with Crippen LogP contribution in [0.15, 0.2) is 28.7 Å². The SMILES string of the molecule is CNC(Cc1cccc(Br)c1)C1(CC(C)C)CCCC1. The van der Waals surface area contributed by atoms with Crippen LogP contribution in [-0.4, -0.2) is 13.1 Å². The maximum Gasteiger partial charge on any atom is 0.0178 e. The van der Waals surface area contributed by atoms with Crippen molar-refractivity contribution in [1.29, 1.82) is 0 Å². The van der Waals surface area contributed by atoms with Gasteiger partial charge in [0.15, 0.2) is 0 Å². The van der Waals surface area contributed by atoms with Crippen molar-refractivity contribution in [3.05, 3.63) is 34.3 Å². The fourth-order valence-electron chi connectivity index (χ4n) is 4.11. The fourth-order valence-corrected chi connectivity index (χ4v) is 4.56. The second kappa shape index (κ2) is 7.09. The second-order valence-corrected chi connectivity index (χ2v) is 7.76. The highest BCUT2D eigenvalue weighted by Crippen LogP contribution is 2.46. The number of benzene rings is 1. The third-order valence-electron chi connectivity index (χ3n) is 4.83. The van der Waals surface area contributed by atoms with Crippen LogP contribution in [0.3, 0.4) is 0 Å². The number of halogens is 1. The highest BCUT2D eigenvalue weighted by atomic mass is 79.9. The molecule has 0 spiro atoms. The quantitative estimate of drug-likeness (QED) is 0.753. The lowest BCUT2D eigenvalue weighted by Gasteiger charge is -2.39. The van der Waals surface area contributed by atoms with E-state index >= 15 is 0 Å². The van der Waals surface area contributed by atoms with E-state index in [1.165, 1.54) is 42.1 Å². The molecule has 112 valence electrons. The lowest BCUT2D eigenvalue weighted by atomic mass is 9.71. The molecule has 1 unspecified atom stereocenters. The zero-order valence-corrected chi connectivity index (χ0v) is 14.7. The third kappa shape index (κ3) is 3.85. The number of rotatable bonds is 6. The van der Waals surface area contributed by atoms with Crippen molar-refractivity contribution in [2.24, 2.45) is 11.3 Å². The van der Waals surface area contributed by atoms with Gasteiger partial charge in [0.05, 0.1) is 0 Å². The summed E-state index contributed by atoms with van der Waals surface area (Å²) in [5.41, 5.74) is 1.94. The summed E-state index contributed by atoms with van der Waals surface area (Å²) >= 11 is 3.59. The minimum atomic E-state index is 0.505. The summed E-state index contributed by atoms with van der Waals surface area (Å²) in [6.45, 7) is 4.73. The Balaban J connectivity index is 2.16. The first-order valence-electron chi connectivity index (χ1n) is 7.97. The van der Waals surface area contributed by atoms with E-state index in [1.54, 1.807) is 0 Å². The van der Waals surface area contributed by atoms with Crippen LogP contribution in [0.2, 0.25) is 0 Å². The van der Waals surface area contributed by atoms with Gasteiger partial charge < -0.3 is 5.32 Å². The van der Waals surface area contributed by atoms with Gasteiger partial charge >= 0.3 is 0 Å². The number of nitrogens with one attached hydrogen (secondary N) is 1. The molecule has 1 atom stereocenters. The number of likely N-dealkylation sites (N-methyl/N-ethyl adjacent to an activating group) is 1. The molecule has 2 heteroatoms. The molecular weight excluding hydrogens is 310 g/mol. The van der Waals surface area contributed by atoms with Gasteiger partial charge in [0.1, 0.15) is 0 Å². The van der Waals surface area contributed by atoms with Crippen molar-refractivity contribution in [1.82, 2.24) is 5.32 Å². The molecule has 1 aliphatic rings. The fraction of sp³-hybridized carbons (Fsp3) is 0.667. The zero-order chi connectivity index (χ0) is 14.6. The van der Waals surface area contributed by atoms with Crippen molar-refractivity contribution in [3.8, 4) is 0 Å². The summed E-state index contributed by atoms with van der Waals surface area (Å²) in [6, 6.07) is 9.38. The molecule has 1 saturated carbocycles. The predicted molar refractivity (Wildman–Crippen MR) is 91.0 cm³/mol. The number of hydrogen-bond donors (Lipinski definition) is 1. The molecule has 0 amide bonds. The van der Waals surface area contributed by atoms with Gasteiger partial charge in [0, 0.05) is 10.5 Å². The van der Waals surface area contributed by atoms with Gasteiger partial charge in [-0.25, -0.2) is 0 Å². The zero-order valence-electron chi connectivity index (χ0n) is 13.1. The topological polar surface area (TPSA) is 12.0 Å². The van der Waals surface area contributed by atoms with Crippen molar-refractivity contribution < 1.29 is 0 Å². The molecule has 1 N–H and O–H groups in total. The van der Waals surface area contributed by atoms with Crippen LogP contribution < -0.4 is 5.32 Å². The van der Waals surface area contributed by atoms with Crippen molar-refractivity contribution in [2.75, 3.05) is 7.05 Å². The van der Waals surface area contributed by atoms with Crippen molar-refractivity contribution in [3.63, 3.8) is 0 Å². The smallest absolute Gasteiger partial charge is 0.0178 e. The van der Waals surface area contributed by atoms with E-state index in [4.69, 9.17) is 0 Å². The van der Waals surface area contributed by atoms with E-state index < -0.39 is 0 Å². The minimum absolute atomic E-state index is 0.505. The molecule has 0 aliphatic heterocycles. The standard InChI is InChI=1S/C18H28BrN/c1-14(2)13-18(9-4-5-10-18)17(20-3)12-15-7-6-8-16(19)11-15/h6-8,11,14,17,20H,4-5,9-10,12-13H2,1-3H3. The Kier molecular flexibility index (Phi) is 5.68. The van der Waals surface area contributed by atoms with Crippen LogP contribution in [0.4, 0.5) is 0 Å². The van der Waals surface area contributed by atoms with Crippen LogP contribution >= 0.6 is 15.9 Å². The van der Waals surface area contributed by atoms with Crippen LogP contribution in [0.25, 0.3) is 0 Å². The molecule has 1 aromatic rings. The van der Waals surface area contributed by atoms with E-state index in [1.807, 2.05) is 0 Å². The van der Waals surface area contributed by atoms with E-state index in [2.05, 4.69) is 66.4 Å². The maximum atomic E-state index is 3.64. The van der Waals surface area contributed by atoms with E-state index in [-0.39, 0.29) is 0 Å². The predicted octanol–water partition coefficient (Wildman–Crippen LogP) is 5.19. The summed E-state index contributed by atoms with van der Waals surface area (Å²) < 4.78 is 1.19. The second-order valence-electron chi connectivity index (χ2n) is 6.84. The Morgan fingerprint density at radius 2 is 1.95 bits per heavy atom. The maximum absolute atomic E-state index is 3.64. The first kappa shape index (κ1) is 16.0. The molecule has 0 saturated heterocycles. The number of hydrogen-bond acceptors (Lipinski definition) is 1. The lowest BCUT2D eigenvalue weighted by molar-refractivity contribution is 0.160. The summed E-state index contributed by atoms with van der Waals surface area (Å²) in [5, 5.41) is 3.64. The van der Waals surface area contributed by atoms with E-state index in [9.17, 15) is 0 Å². The van der Waals surface area contributed by atoms with Gasteiger partial charge in [-0.15, -0.1) is 0 Å². The van der Waals surface area contributed by atoms with Gasteiger partial charge in [0.25, 0.3) is 0 Å². The summed E-state index contributed by atoms with van der Waals surface area (Å²) in [5.74, 6) is 0.784. The molecule has 0 aromatic heterocycles. The first-order chi connectivity index (χ1) is 9.55. The molecule has 2 rings (SSSR count). The Bertz CT molecular complexity index is 421. The highest BCUT2D eigenvalue weighted by molar-refractivity contribution is 9.10. The Morgan fingerprint density at radius 3 is 2.50 bits per heavy atom. The highest BCUT2D eigenvalue weighted by Gasteiger charge is 2.40. The Morgan fingerprint density at radius 1 is 1.25 bits per heavy atom. The molecule has 1 nitrogen and oxygen atoms in total. The first-order valence-corrected chi connectivity index (χ1v) is 8.77. The van der Waals surface area contributed by atoms with Crippen molar-refractivity contribution >= 4 is 15.9 Å². The van der Waals surface area contributed by atoms with Gasteiger partial charge in [-0.1, -0.05) is 54.8 Å². The Hall–Kier alpha value is -0.340. The third-order valence-corrected chi connectivity index (χ3v) is 5.32. The van der Waals surface area contributed by atoms with Gasteiger partial charge in [-0.3, -0.25) is 0 Å². The normalized spacial score (nSPS) is 19.4. The summed E-state index contributed by atoms with van der Waals surface area (Å²) in [6.07, 6.45) is 8.09. The molecule has 1 aliphatic carbocycles. The average Bonchev–Trinajstić information content (AvgIpc) is 2.84. The average molecular weight is 338 g/mol. The van der Waals surface area contributed by atoms with Crippen molar-refractivity contribution in [2.45, 2.75) is 58.4 Å². The van der Waals surface area contributed by atoms with Gasteiger partial charge in [0.2, 0.25) is 0 Å². The Labute approximate surface area is 132 Å². The molecule has 1 aromatic carbocycles. The molecule has 1 fully saturated rings. The lowest BCUT2D eigenvalue weighted by Crippen LogP contribution is -2.44. The van der Waals surface area contributed by atoms with E-state index in [0.29, 0.717) is 11.5 Å². The van der Waals surface area contributed by atoms with Gasteiger partial charge in [-0.05, 0) is 61.8 Å². The summed E-state index contributed by atoms with van der Waals surface area (Å²) in [7, 11) is 2.14.